The number of benzene rings is 3. The maximum Gasteiger partial charge on any atom is 0.348 e. The van der Waals surface area contributed by atoms with Crippen molar-refractivity contribution in [2.24, 2.45) is 11.7 Å². The molecule has 9 nitrogen and oxygen atoms in total. The van der Waals surface area contributed by atoms with E-state index in [1.165, 1.54) is 0 Å². The first kappa shape index (κ1) is 32.4. The van der Waals surface area contributed by atoms with Crippen molar-refractivity contribution in [3.05, 3.63) is 89.5 Å². The van der Waals surface area contributed by atoms with E-state index in [9.17, 15) is 9.59 Å². The molecule has 226 valence electrons. The summed E-state index contributed by atoms with van der Waals surface area (Å²) < 4.78 is 17.2. The molecule has 3 rings (SSSR count). The molecule has 0 heterocycles. The van der Waals surface area contributed by atoms with Crippen LogP contribution < -0.4 is 20.7 Å². The van der Waals surface area contributed by atoms with Gasteiger partial charge >= 0.3 is 11.9 Å². The third-order valence-electron chi connectivity index (χ3n) is 6.52. The lowest BCUT2D eigenvalue weighted by Crippen LogP contribution is -2.35. The van der Waals surface area contributed by atoms with E-state index < -0.39 is 18.0 Å². The minimum absolute atomic E-state index is 0.244. The Morgan fingerprint density at radius 3 is 2.29 bits per heavy atom. The number of ether oxygens (including phenoxy) is 3. The summed E-state index contributed by atoms with van der Waals surface area (Å²) in [7, 11) is 0. The van der Waals surface area contributed by atoms with Gasteiger partial charge in [0, 0.05) is 6.54 Å². The van der Waals surface area contributed by atoms with E-state index in [2.05, 4.69) is 24.2 Å². The molecule has 3 N–H and O–H groups in total. The molecule has 0 radical (unpaired) electrons. The second kappa shape index (κ2) is 17.0. The highest BCUT2D eigenvalue weighted by Crippen LogP contribution is 2.27. The van der Waals surface area contributed by atoms with E-state index in [1.54, 1.807) is 18.2 Å². The fraction of sp³-hybridized carbons (Fsp3) is 0.394. The predicted octanol–water partition coefficient (Wildman–Crippen LogP) is 5.24. The molecule has 0 saturated heterocycles. The van der Waals surface area contributed by atoms with Crippen LogP contribution in [0.25, 0.3) is 0 Å². The van der Waals surface area contributed by atoms with Crippen molar-refractivity contribution in [1.29, 1.82) is 0 Å². The zero-order valence-corrected chi connectivity index (χ0v) is 25.0. The number of nitrogens with one attached hydrogen (secondary N) is 1. The van der Waals surface area contributed by atoms with Crippen molar-refractivity contribution in [1.82, 2.24) is 4.90 Å². The first-order valence-electron chi connectivity index (χ1n) is 14.4. The number of likely N-dealkylation sites (N-methyl/N-ethyl adjacent to an activating group) is 1. The van der Waals surface area contributed by atoms with E-state index in [0.29, 0.717) is 43.4 Å². The van der Waals surface area contributed by atoms with E-state index in [0.717, 1.165) is 30.0 Å². The van der Waals surface area contributed by atoms with Crippen molar-refractivity contribution < 1.29 is 28.6 Å². The summed E-state index contributed by atoms with van der Waals surface area (Å²) in [5, 5.41) is 0. The predicted molar refractivity (Wildman–Crippen MR) is 163 cm³/mol. The fourth-order valence-corrected chi connectivity index (χ4v) is 3.98. The molecule has 0 aromatic heterocycles. The van der Waals surface area contributed by atoms with Crippen LogP contribution in [0.1, 0.15) is 49.2 Å². The largest absolute Gasteiger partial charge is 0.491 e. The summed E-state index contributed by atoms with van der Waals surface area (Å²) >= 11 is 0. The first-order valence-corrected chi connectivity index (χ1v) is 14.4. The Morgan fingerprint density at radius 2 is 1.62 bits per heavy atom. The number of carbonyl (C=O) groups excluding carboxylic acids is 2. The van der Waals surface area contributed by atoms with Gasteiger partial charge in [0.15, 0.2) is 0 Å². The third-order valence-corrected chi connectivity index (χ3v) is 6.52. The van der Waals surface area contributed by atoms with Gasteiger partial charge in [-0.2, -0.15) is 0 Å². The molecule has 1 atom stereocenters. The number of hydrogen-bond donors (Lipinski definition) is 2. The molecule has 3 aromatic rings. The van der Waals surface area contributed by atoms with Crippen LogP contribution in [0.5, 0.6) is 11.5 Å². The summed E-state index contributed by atoms with van der Waals surface area (Å²) in [6.45, 7) is 11.8. The lowest BCUT2D eigenvalue weighted by atomic mass is 10.1. The summed E-state index contributed by atoms with van der Waals surface area (Å²) in [5.74, 6) is 0.265. The maximum absolute atomic E-state index is 12.7. The molecule has 0 unspecified atom stereocenters. The smallest absolute Gasteiger partial charge is 0.348 e. The topological polar surface area (TPSA) is 112 Å². The van der Waals surface area contributed by atoms with Crippen molar-refractivity contribution >= 4 is 17.6 Å². The Balaban J connectivity index is 1.54. The van der Waals surface area contributed by atoms with Crippen LogP contribution in [-0.4, -0.2) is 55.7 Å². The maximum atomic E-state index is 12.7. The second-order valence-corrected chi connectivity index (χ2v) is 10.3. The Kier molecular flexibility index (Phi) is 13.1. The first-order chi connectivity index (χ1) is 20.3. The highest BCUT2D eigenvalue weighted by atomic mass is 16.7. The number of esters is 1. The molecule has 0 spiro atoms. The van der Waals surface area contributed by atoms with E-state index in [1.807, 2.05) is 68.4 Å². The summed E-state index contributed by atoms with van der Waals surface area (Å²) in [6.07, 6.45) is 0.286. The molecule has 3 aromatic carbocycles. The quantitative estimate of drug-likeness (QED) is 0.164. The zero-order chi connectivity index (χ0) is 30.3. The van der Waals surface area contributed by atoms with Gasteiger partial charge in [0.1, 0.15) is 36.4 Å². The third kappa shape index (κ3) is 10.7. The molecule has 9 heteroatoms. The minimum Gasteiger partial charge on any atom is -0.491 e. The van der Waals surface area contributed by atoms with E-state index in [-0.39, 0.29) is 12.3 Å². The Hall–Kier alpha value is -4.08. The number of nitrogens with two attached hydrogens (primary N) is 1. The van der Waals surface area contributed by atoms with Crippen LogP contribution >= 0.6 is 0 Å². The molecular formula is C33H43N3O6. The Bertz CT molecular complexity index is 1250. The Labute approximate surface area is 248 Å². The van der Waals surface area contributed by atoms with Gasteiger partial charge in [-0.25, -0.2) is 15.1 Å². The van der Waals surface area contributed by atoms with E-state index >= 15 is 0 Å². The molecule has 0 saturated carbocycles. The van der Waals surface area contributed by atoms with E-state index in [4.69, 9.17) is 24.8 Å². The molecule has 0 bridgehead atoms. The molecule has 0 aliphatic heterocycles. The van der Waals surface area contributed by atoms with Crippen LogP contribution in [0.4, 0.5) is 5.69 Å². The van der Waals surface area contributed by atoms with Crippen molar-refractivity contribution in [2.75, 3.05) is 38.3 Å². The average molecular weight is 578 g/mol. The number of anilines is 1. The summed E-state index contributed by atoms with van der Waals surface area (Å²) in [4.78, 5) is 32.8. The lowest BCUT2D eigenvalue weighted by Gasteiger charge is -2.18. The molecule has 0 amide bonds. The number of hydrogen-bond acceptors (Lipinski definition) is 9. The molecule has 0 fully saturated rings. The summed E-state index contributed by atoms with van der Waals surface area (Å²) in [6, 6.07) is 21.3. The minimum atomic E-state index is -0.895. The van der Waals surface area contributed by atoms with Crippen molar-refractivity contribution in [3.63, 3.8) is 0 Å². The van der Waals surface area contributed by atoms with Crippen molar-refractivity contribution in [3.8, 4) is 11.5 Å². The van der Waals surface area contributed by atoms with Gasteiger partial charge in [0.25, 0.3) is 0 Å². The van der Waals surface area contributed by atoms with Crippen LogP contribution in [0, 0.1) is 5.92 Å². The van der Waals surface area contributed by atoms with Crippen LogP contribution in [0.15, 0.2) is 72.8 Å². The number of carbonyl (C=O) groups is 2. The molecule has 0 aliphatic carbocycles. The van der Waals surface area contributed by atoms with Gasteiger partial charge in [0.2, 0.25) is 0 Å². The summed E-state index contributed by atoms with van der Waals surface area (Å²) in [5.41, 5.74) is 11.5. The lowest BCUT2D eigenvalue weighted by molar-refractivity contribution is -0.142. The van der Waals surface area contributed by atoms with Gasteiger partial charge in [-0.1, -0.05) is 70.2 Å². The second-order valence-electron chi connectivity index (χ2n) is 10.3. The van der Waals surface area contributed by atoms with Crippen LogP contribution in [-0.2, 0) is 27.4 Å². The van der Waals surface area contributed by atoms with Gasteiger partial charge in [-0.15, -0.1) is 0 Å². The van der Waals surface area contributed by atoms with Gasteiger partial charge < -0.3 is 29.7 Å². The van der Waals surface area contributed by atoms with Gasteiger partial charge in [-0.05, 0) is 66.9 Å². The fourth-order valence-electron chi connectivity index (χ4n) is 3.98. The Morgan fingerprint density at radius 1 is 0.905 bits per heavy atom. The van der Waals surface area contributed by atoms with Gasteiger partial charge in [0.05, 0.1) is 12.2 Å². The molecule has 0 aliphatic rings. The normalized spacial score (nSPS) is 11.7. The number of nitrogens with zero attached hydrogens (tertiary/aromatic N) is 1. The number of rotatable bonds is 17. The SMILES string of the molecule is CCN(CC)CCOC(=O)c1ccc(NOC(=O)[C@H](N)Cc2ccc(OCc3ccccc3)cc2)c(OCC(C)C)c1. The van der Waals surface area contributed by atoms with Gasteiger partial charge in [-0.3, -0.25) is 0 Å². The monoisotopic (exact) mass is 577 g/mol. The van der Waals surface area contributed by atoms with Crippen LogP contribution in [0.3, 0.4) is 0 Å². The molecular weight excluding hydrogens is 534 g/mol. The average Bonchev–Trinajstić information content (AvgIpc) is 3.01. The highest BCUT2D eigenvalue weighted by Gasteiger charge is 2.19. The highest BCUT2D eigenvalue weighted by molar-refractivity contribution is 5.91. The zero-order valence-electron chi connectivity index (χ0n) is 25.0. The van der Waals surface area contributed by atoms with Crippen molar-refractivity contribution in [2.45, 2.75) is 46.8 Å². The van der Waals surface area contributed by atoms with Crippen LogP contribution in [0.2, 0.25) is 0 Å². The molecule has 42 heavy (non-hydrogen) atoms. The standard InChI is InChI=1S/C33H43N3O6/c1-5-36(6-2)18-19-39-32(37)27-14-17-30(31(21-27)41-22-24(3)4)35-42-33(38)29(34)20-25-12-15-28(16-13-25)40-23-26-10-8-7-9-11-26/h7-17,21,24,29,35H,5-6,18-20,22-23,34H2,1-4H3/t29-/m1/s1.